The van der Waals surface area contributed by atoms with E-state index in [1.54, 1.807) is 6.08 Å². The topological polar surface area (TPSA) is 89.8 Å². The molecule has 0 aromatic rings. The minimum Gasteiger partial charge on any atom is -0.394 e. The van der Waals surface area contributed by atoms with Gasteiger partial charge in [0.1, 0.15) is 6.10 Å². The molecule has 0 aromatic heterocycles. The van der Waals surface area contributed by atoms with Crippen molar-refractivity contribution in [2.75, 3.05) is 6.61 Å². The first-order chi connectivity index (χ1) is 27.1. The summed E-state index contributed by atoms with van der Waals surface area (Å²) in [5.74, 6) is -0.504. The van der Waals surface area contributed by atoms with Crippen molar-refractivity contribution in [3.05, 3.63) is 24.3 Å². The number of carbonyl (C=O) groups excluding carboxylic acids is 1. The van der Waals surface area contributed by atoms with E-state index in [0.29, 0.717) is 6.42 Å². The van der Waals surface area contributed by atoms with Gasteiger partial charge in [0.05, 0.1) is 18.8 Å². The Hall–Kier alpha value is -1.17. The van der Waals surface area contributed by atoms with Gasteiger partial charge in [0.2, 0.25) is 5.91 Å². The Morgan fingerprint density at radius 2 is 0.727 bits per heavy atom. The van der Waals surface area contributed by atoms with Gasteiger partial charge in [-0.25, -0.2) is 0 Å². The van der Waals surface area contributed by atoms with Crippen molar-refractivity contribution in [1.82, 2.24) is 5.32 Å². The fourth-order valence-electron chi connectivity index (χ4n) is 7.65. The molecule has 0 spiro atoms. The van der Waals surface area contributed by atoms with Crippen LogP contribution < -0.4 is 5.32 Å². The van der Waals surface area contributed by atoms with Crippen molar-refractivity contribution in [1.29, 1.82) is 0 Å². The average Bonchev–Trinajstić information content (AvgIpc) is 3.19. The lowest BCUT2D eigenvalue weighted by molar-refractivity contribution is -0.131. The molecule has 0 aliphatic heterocycles. The van der Waals surface area contributed by atoms with Gasteiger partial charge in [0.15, 0.2) is 0 Å². The summed E-state index contributed by atoms with van der Waals surface area (Å²) in [4.78, 5) is 12.5. The number of carbonyl (C=O) groups is 1. The predicted octanol–water partition coefficient (Wildman–Crippen LogP) is 14.6. The molecule has 0 saturated heterocycles. The molecule has 0 aliphatic carbocycles. The van der Waals surface area contributed by atoms with Crippen LogP contribution in [0.25, 0.3) is 0 Å². The number of unbranched alkanes of at least 4 members (excludes halogenated alkanes) is 35. The van der Waals surface area contributed by atoms with Gasteiger partial charge in [0, 0.05) is 0 Å². The van der Waals surface area contributed by atoms with E-state index in [2.05, 4.69) is 31.3 Å². The van der Waals surface area contributed by atoms with E-state index in [0.717, 1.165) is 32.1 Å². The normalized spacial score (nSPS) is 13.6. The van der Waals surface area contributed by atoms with Gasteiger partial charge < -0.3 is 20.6 Å². The van der Waals surface area contributed by atoms with Crippen molar-refractivity contribution in [2.45, 2.75) is 283 Å². The number of amides is 1. The number of nitrogens with one attached hydrogen (secondary N) is 1. The Kier molecular flexibility index (Phi) is 44.6. The van der Waals surface area contributed by atoms with Crippen LogP contribution in [0.5, 0.6) is 0 Å². The maximum absolute atomic E-state index is 12.5. The molecule has 326 valence electrons. The van der Waals surface area contributed by atoms with E-state index in [1.807, 2.05) is 6.08 Å². The van der Waals surface area contributed by atoms with Gasteiger partial charge in [-0.05, 0) is 44.9 Å². The summed E-state index contributed by atoms with van der Waals surface area (Å²) in [5, 5.41) is 33.2. The molecule has 1 amide bonds. The molecule has 0 aromatic carbocycles. The smallest absolute Gasteiger partial charge is 0.249 e. The van der Waals surface area contributed by atoms with Crippen LogP contribution in [0.15, 0.2) is 24.3 Å². The van der Waals surface area contributed by atoms with Crippen LogP contribution in [0.1, 0.15) is 264 Å². The first-order valence-corrected chi connectivity index (χ1v) is 24.7. The highest BCUT2D eigenvalue weighted by Crippen LogP contribution is 2.16. The van der Waals surface area contributed by atoms with Crippen LogP contribution in [0, 0.1) is 0 Å². The lowest BCUT2D eigenvalue weighted by atomic mass is 10.0. The van der Waals surface area contributed by atoms with Gasteiger partial charge in [-0.15, -0.1) is 0 Å². The summed E-state index contributed by atoms with van der Waals surface area (Å²) in [5.41, 5.74) is 0. The second-order valence-corrected chi connectivity index (χ2v) is 17.0. The summed E-state index contributed by atoms with van der Waals surface area (Å²) >= 11 is 0. The van der Waals surface area contributed by atoms with E-state index < -0.39 is 24.2 Å². The van der Waals surface area contributed by atoms with Gasteiger partial charge in [-0.2, -0.15) is 0 Å². The Morgan fingerprint density at radius 1 is 0.436 bits per heavy atom. The van der Waals surface area contributed by atoms with Gasteiger partial charge in [0.25, 0.3) is 0 Å². The Balaban J connectivity index is 3.62. The second kappa shape index (κ2) is 45.5. The number of hydrogen-bond donors (Lipinski definition) is 4. The molecule has 5 heteroatoms. The summed E-state index contributed by atoms with van der Waals surface area (Å²) in [6.45, 7) is 4.20. The van der Waals surface area contributed by atoms with E-state index in [4.69, 9.17) is 0 Å². The number of aliphatic hydroxyl groups excluding tert-OH is 3. The van der Waals surface area contributed by atoms with Crippen LogP contribution >= 0.6 is 0 Å². The zero-order valence-electron chi connectivity index (χ0n) is 37.1. The van der Waals surface area contributed by atoms with Gasteiger partial charge in [-0.3, -0.25) is 4.79 Å². The quantitative estimate of drug-likeness (QED) is 0.0366. The van der Waals surface area contributed by atoms with E-state index in [-0.39, 0.29) is 6.61 Å². The van der Waals surface area contributed by atoms with Crippen LogP contribution in [-0.4, -0.2) is 46.1 Å². The summed E-state index contributed by atoms with van der Waals surface area (Å²) in [6.07, 6.45) is 56.5. The molecule has 0 saturated carbocycles. The highest BCUT2D eigenvalue weighted by molar-refractivity contribution is 5.80. The standard InChI is InChI=1S/C50H97NO4/c1-3-5-7-9-11-13-15-17-19-21-23-24-25-26-27-29-31-33-35-37-39-41-43-45-49(54)50(55)51-47(46-52)48(53)44-42-40-38-36-34-32-30-28-22-20-18-16-14-12-10-8-6-4-2/h26-27,42,44,47-49,52-54H,3-25,28-41,43,45-46H2,1-2H3,(H,51,55)/b27-26-,44-42+. The average molecular weight is 776 g/mol. The second-order valence-electron chi connectivity index (χ2n) is 17.0. The first kappa shape index (κ1) is 53.8. The summed E-state index contributed by atoms with van der Waals surface area (Å²) < 4.78 is 0. The maximum atomic E-state index is 12.5. The SMILES string of the molecule is CCCCCCCCCCCCCC/C=C\CCCCCCCCCC(O)C(=O)NC(CO)C(O)/C=C/CCCCCCCCCCCCCCCCCC. The Labute approximate surface area is 343 Å². The molecule has 3 atom stereocenters. The predicted molar refractivity (Wildman–Crippen MR) is 241 cm³/mol. The number of aliphatic hydroxyl groups is 3. The summed E-state index contributed by atoms with van der Waals surface area (Å²) in [6, 6.07) is -0.798. The third-order valence-electron chi connectivity index (χ3n) is 11.5. The van der Waals surface area contributed by atoms with E-state index >= 15 is 0 Å². The molecule has 5 nitrogen and oxygen atoms in total. The first-order valence-electron chi connectivity index (χ1n) is 24.7. The van der Waals surface area contributed by atoms with Crippen molar-refractivity contribution in [2.24, 2.45) is 0 Å². The fraction of sp³-hybridized carbons (Fsp3) is 0.900. The van der Waals surface area contributed by atoms with Crippen molar-refractivity contribution in [3.63, 3.8) is 0 Å². The molecule has 0 radical (unpaired) electrons. The van der Waals surface area contributed by atoms with Crippen molar-refractivity contribution in [3.8, 4) is 0 Å². The highest BCUT2D eigenvalue weighted by atomic mass is 16.3. The maximum Gasteiger partial charge on any atom is 0.249 e. The van der Waals surface area contributed by atoms with Crippen LogP contribution in [-0.2, 0) is 4.79 Å². The zero-order chi connectivity index (χ0) is 40.1. The minimum absolute atomic E-state index is 0.363. The molecule has 0 bridgehead atoms. The number of hydrogen-bond acceptors (Lipinski definition) is 4. The van der Waals surface area contributed by atoms with E-state index in [1.165, 1.54) is 212 Å². The fourth-order valence-corrected chi connectivity index (χ4v) is 7.65. The molecule has 3 unspecified atom stereocenters. The Morgan fingerprint density at radius 3 is 1.05 bits per heavy atom. The van der Waals surface area contributed by atoms with Crippen LogP contribution in [0.2, 0.25) is 0 Å². The molecule has 0 fully saturated rings. The molecule has 0 rings (SSSR count). The molecule has 4 N–H and O–H groups in total. The van der Waals surface area contributed by atoms with Gasteiger partial charge >= 0.3 is 0 Å². The third-order valence-corrected chi connectivity index (χ3v) is 11.5. The van der Waals surface area contributed by atoms with E-state index in [9.17, 15) is 20.1 Å². The van der Waals surface area contributed by atoms with Crippen LogP contribution in [0.4, 0.5) is 0 Å². The molecule has 0 aliphatic rings. The van der Waals surface area contributed by atoms with Crippen molar-refractivity contribution >= 4 is 5.91 Å². The molecular weight excluding hydrogens is 679 g/mol. The number of allylic oxidation sites excluding steroid dienone is 3. The zero-order valence-corrected chi connectivity index (χ0v) is 37.1. The molecule has 0 heterocycles. The monoisotopic (exact) mass is 776 g/mol. The lowest BCUT2D eigenvalue weighted by Gasteiger charge is -2.21. The summed E-state index contributed by atoms with van der Waals surface area (Å²) in [7, 11) is 0. The molecule has 55 heavy (non-hydrogen) atoms. The van der Waals surface area contributed by atoms with Crippen LogP contribution in [0.3, 0.4) is 0 Å². The van der Waals surface area contributed by atoms with Gasteiger partial charge in [-0.1, -0.05) is 244 Å². The lowest BCUT2D eigenvalue weighted by Crippen LogP contribution is -2.48. The largest absolute Gasteiger partial charge is 0.394 e. The van der Waals surface area contributed by atoms with Crippen molar-refractivity contribution < 1.29 is 20.1 Å². The molecular formula is C50H97NO4. The number of rotatable bonds is 45. The highest BCUT2D eigenvalue weighted by Gasteiger charge is 2.22. The third kappa shape index (κ3) is 40.8. The Bertz CT molecular complexity index is 814. The minimum atomic E-state index is -1.10.